The van der Waals surface area contributed by atoms with Gasteiger partial charge < -0.3 is 9.26 Å². The topological polar surface area (TPSA) is 59.0 Å². The summed E-state index contributed by atoms with van der Waals surface area (Å²) >= 11 is 3.29. The summed E-state index contributed by atoms with van der Waals surface area (Å²) < 4.78 is 11.2. The number of nitrogens with zero attached hydrogens (tertiary/aromatic N) is 2. The van der Waals surface area contributed by atoms with Gasteiger partial charge in [0.25, 0.3) is 0 Å². The minimum atomic E-state index is 0.260. The fourth-order valence-corrected chi connectivity index (χ4v) is 1.54. The molecule has 0 aliphatic rings. The first-order valence-electron chi connectivity index (χ1n) is 4.51. The minimum Gasteiger partial charge on any atom is -0.484 e. The monoisotopic (exact) mass is 278 g/mol. The molecule has 5 heteroatoms. The number of rotatable bonds is 3. The van der Waals surface area contributed by atoms with Crippen molar-refractivity contribution in [2.75, 3.05) is 0 Å². The first-order chi connectivity index (χ1) is 7.79. The van der Waals surface area contributed by atoms with Crippen LogP contribution >= 0.6 is 15.9 Å². The lowest BCUT2D eigenvalue weighted by Crippen LogP contribution is -1.95. The molecule has 1 aromatic carbocycles. The summed E-state index contributed by atoms with van der Waals surface area (Å²) in [6.07, 6.45) is 1.55. The van der Waals surface area contributed by atoms with Gasteiger partial charge in [-0.1, -0.05) is 21.1 Å². The molecular formula is C11H7BrN2O2. The first-order valence-corrected chi connectivity index (χ1v) is 5.31. The number of hydrogen-bond donors (Lipinski definition) is 0. The summed E-state index contributed by atoms with van der Waals surface area (Å²) in [6, 6.07) is 9.03. The average molecular weight is 279 g/mol. The van der Waals surface area contributed by atoms with Crippen molar-refractivity contribution in [2.24, 2.45) is 0 Å². The third kappa shape index (κ3) is 2.41. The summed E-state index contributed by atoms with van der Waals surface area (Å²) in [6.45, 7) is 0.260. The van der Waals surface area contributed by atoms with E-state index >= 15 is 0 Å². The number of ether oxygens (including phenoxy) is 1. The van der Waals surface area contributed by atoms with E-state index in [1.54, 1.807) is 24.4 Å². The molecule has 0 radical (unpaired) electrons. The molecule has 0 N–H and O–H groups in total. The third-order valence-corrected chi connectivity index (χ3v) is 2.42. The van der Waals surface area contributed by atoms with Crippen molar-refractivity contribution in [2.45, 2.75) is 6.61 Å². The van der Waals surface area contributed by atoms with Gasteiger partial charge in [0.15, 0.2) is 5.76 Å². The van der Waals surface area contributed by atoms with Crippen LogP contribution in [0.15, 0.2) is 39.5 Å². The fourth-order valence-electron chi connectivity index (χ4n) is 1.18. The number of nitriles is 1. The Hall–Kier alpha value is -1.80. The van der Waals surface area contributed by atoms with Crippen LogP contribution in [0, 0.1) is 11.3 Å². The second-order valence-electron chi connectivity index (χ2n) is 3.02. The quantitative estimate of drug-likeness (QED) is 0.866. The lowest BCUT2D eigenvalue weighted by atomic mass is 10.2. The van der Waals surface area contributed by atoms with E-state index in [0.29, 0.717) is 17.1 Å². The van der Waals surface area contributed by atoms with Gasteiger partial charge in [-0.25, -0.2) is 0 Å². The molecular weight excluding hydrogens is 272 g/mol. The van der Waals surface area contributed by atoms with E-state index in [-0.39, 0.29) is 6.61 Å². The summed E-state index contributed by atoms with van der Waals surface area (Å²) in [5.41, 5.74) is 0.480. The standard InChI is InChI=1S/C11H7BrN2O2/c12-9-1-2-11(8(5-9)6-13)15-7-10-3-4-14-16-10/h1-5H,7H2. The molecule has 0 fully saturated rings. The van der Waals surface area contributed by atoms with Crippen molar-refractivity contribution in [1.82, 2.24) is 5.16 Å². The van der Waals surface area contributed by atoms with E-state index in [2.05, 4.69) is 27.2 Å². The van der Waals surface area contributed by atoms with Crippen LogP contribution < -0.4 is 4.74 Å². The molecule has 4 nitrogen and oxygen atoms in total. The van der Waals surface area contributed by atoms with Crippen molar-refractivity contribution >= 4 is 15.9 Å². The van der Waals surface area contributed by atoms with Gasteiger partial charge in [0.2, 0.25) is 0 Å². The molecule has 0 aliphatic carbocycles. The fraction of sp³-hybridized carbons (Fsp3) is 0.0909. The van der Waals surface area contributed by atoms with Crippen LogP contribution in [0.1, 0.15) is 11.3 Å². The Morgan fingerprint density at radius 3 is 3.00 bits per heavy atom. The molecule has 0 saturated carbocycles. The Balaban J connectivity index is 2.13. The van der Waals surface area contributed by atoms with Crippen LogP contribution in [0.4, 0.5) is 0 Å². The van der Waals surface area contributed by atoms with Crippen LogP contribution in [0.25, 0.3) is 0 Å². The zero-order chi connectivity index (χ0) is 11.4. The zero-order valence-electron chi connectivity index (χ0n) is 8.18. The van der Waals surface area contributed by atoms with Gasteiger partial charge in [0, 0.05) is 10.5 Å². The van der Waals surface area contributed by atoms with Crippen molar-refractivity contribution in [3.8, 4) is 11.8 Å². The van der Waals surface area contributed by atoms with Crippen LogP contribution in [0.2, 0.25) is 0 Å². The Bertz CT molecular complexity index is 517. The van der Waals surface area contributed by atoms with Gasteiger partial charge in [-0.3, -0.25) is 0 Å². The maximum atomic E-state index is 8.91. The molecule has 1 aromatic heterocycles. The van der Waals surface area contributed by atoms with Gasteiger partial charge in [0.1, 0.15) is 18.4 Å². The maximum Gasteiger partial charge on any atom is 0.174 e. The third-order valence-electron chi connectivity index (χ3n) is 1.92. The molecule has 0 amide bonds. The van der Waals surface area contributed by atoms with E-state index < -0.39 is 0 Å². The highest BCUT2D eigenvalue weighted by molar-refractivity contribution is 9.10. The first kappa shape index (κ1) is 10.7. The summed E-state index contributed by atoms with van der Waals surface area (Å²) in [7, 11) is 0. The Labute approximate surface area is 101 Å². The van der Waals surface area contributed by atoms with Crippen LogP contribution in [0.5, 0.6) is 5.75 Å². The van der Waals surface area contributed by atoms with Crippen molar-refractivity contribution < 1.29 is 9.26 Å². The predicted octanol–water partition coefficient (Wildman–Crippen LogP) is 2.89. The highest BCUT2D eigenvalue weighted by atomic mass is 79.9. The van der Waals surface area contributed by atoms with E-state index in [0.717, 1.165) is 4.47 Å². The molecule has 0 atom stereocenters. The molecule has 2 rings (SSSR count). The van der Waals surface area contributed by atoms with E-state index in [1.807, 2.05) is 6.07 Å². The molecule has 0 unspecified atom stereocenters. The molecule has 1 heterocycles. The predicted molar refractivity (Wildman–Crippen MR) is 59.7 cm³/mol. The second kappa shape index (κ2) is 4.81. The number of halogens is 1. The highest BCUT2D eigenvalue weighted by Crippen LogP contribution is 2.23. The number of benzene rings is 1. The molecule has 0 spiro atoms. The lowest BCUT2D eigenvalue weighted by Gasteiger charge is -2.05. The highest BCUT2D eigenvalue weighted by Gasteiger charge is 2.05. The molecule has 80 valence electrons. The summed E-state index contributed by atoms with van der Waals surface area (Å²) in [5, 5.41) is 12.5. The van der Waals surface area contributed by atoms with Crippen molar-refractivity contribution in [1.29, 1.82) is 5.26 Å². The smallest absolute Gasteiger partial charge is 0.174 e. The zero-order valence-corrected chi connectivity index (χ0v) is 9.77. The molecule has 0 saturated heterocycles. The summed E-state index contributed by atoms with van der Waals surface area (Å²) in [5.74, 6) is 1.15. The van der Waals surface area contributed by atoms with E-state index in [9.17, 15) is 0 Å². The largest absolute Gasteiger partial charge is 0.484 e. The van der Waals surface area contributed by atoms with Gasteiger partial charge >= 0.3 is 0 Å². The van der Waals surface area contributed by atoms with E-state index in [4.69, 9.17) is 14.5 Å². The summed E-state index contributed by atoms with van der Waals surface area (Å²) in [4.78, 5) is 0. The normalized spacial score (nSPS) is 9.75. The number of hydrogen-bond acceptors (Lipinski definition) is 4. The Morgan fingerprint density at radius 2 is 2.31 bits per heavy atom. The molecule has 0 aliphatic heterocycles. The molecule has 16 heavy (non-hydrogen) atoms. The minimum absolute atomic E-state index is 0.260. The van der Waals surface area contributed by atoms with E-state index in [1.165, 1.54) is 0 Å². The molecule has 0 bridgehead atoms. The Morgan fingerprint density at radius 1 is 1.44 bits per heavy atom. The van der Waals surface area contributed by atoms with Gasteiger partial charge in [-0.15, -0.1) is 0 Å². The van der Waals surface area contributed by atoms with Crippen LogP contribution in [0.3, 0.4) is 0 Å². The van der Waals surface area contributed by atoms with Gasteiger partial charge in [-0.2, -0.15) is 5.26 Å². The van der Waals surface area contributed by atoms with Gasteiger partial charge in [-0.05, 0) is 18.2 Å². The lowest BCUT2D eigenvalue weighted by molar-refractivity contribution is 0.248. The second-order valence-corrected chi connectivity index (χ2v) is 3.94. The van der Waals surface area contributed by atoms with Crippen molar-refractivity contribution in [3.63, 3.8) is 0 Å². The average Bonchev–Trinajstić information content (AvgIpc) is 2.80. The van der Waals surface area contributed by atoms with Crippen LogP contribution in [-0.4, -0.2) is 5.16 Å². The maximum absolute atomic E-state index is 8.91. The number of aromatic nitrogens is 1. The van der Waals surface area contributed by atoms with Crippen LogP contribution in [-0.2, 0) is 6.61 Å². The van der Waals surface area contributed by atoms with Gasteiger partial charge in [0.05, 0.1) is 11.8 Å². The van der Waals surface area contributed by atoms with Crippen molar-refractivity contribution in [3.05, 3.63) is 46.3 Å². The SMILES string of the molecule is N#Cc1cc(Br)ccc1OCc1ccno1. The Kier molecular flexibility index (Phi) is 3.22. The molecule has 2 aromatic rings.